The maximum absolute atomic E-state index is 12.9. The van der Waals surface area contributed by atoms with Crippen LogP contribution in [0.3, 0.4) is 0 Å². The van der Waals surface area contributed by atoms with Gasteiger partial charge < -0.3 is 19.9 Å². The van der Waals surface area contributed by atoms with E-state index >= 15 is 0 Å². The Morgan fingerprint density at radius 1 is 1.21 bits per heavy atom. The van der Waals surface area contributed by atoms with Gasteiger partial charge in [0.1, 0.15) is 6.23 Å². The average Bonchev–Trinajstić information content (AvgIpc) is 2.91. The number of esters is 2. The highest BCUT2D eigenvalue weighted by atomic mass is 32.1. The van der Waals surface area contributed by atoms with Gasteiger partial charge in [-0.25, -0.2) is 19.3 Å². The van der Waals surface area contributed by atoms with Crippen LogP contribution >= 0.6 is 12.2 Å². The van der Waals surface area contributed by atoms with E-state index in [-0.39, 0.29) is 29.6 Å². The Morgan fingerprint density at radius 3 is 2.17 bits per heavy atom. The molecule has 1 heterocycles. The molecule has 164 valence electrons. The van der Waals surface area contributed by atoms with Crippen LogP contribution in [0.1, 0.15) is 54.1 Å². The molecular weight excluding hydrogens is 415 g/mol. The summed E-state index contributed by atoms with van der Waals surface area (Å²) < 4.78 is 54.7. The van der Waals surface area contributed by atoms with Crippen LogP contribution in [0.15, 0.2) is 6.20 Å². The van der Waals surface area contributed by atoms with Crippen molar-refractivity contribution in [1.82, 2.24) is 4.68 Å². The number of carbonyl (C=O) groups is 2. The van der Waals surface area contributed by atoms with E-state index in [0.29, 0.717) is 5.56 Å². The molecule has 1 aromatic heterocycles. The Labute approximate surface area is 171 Å². The number of thiocarbonyl (C=S) groups is 1. The molecule has 0 aromatic carbocycles. The van der Waals surface area contributed by atoms with Crippen LogP contribution in [0.4, 0.5) is 13.2 Å². The van der Waals surface area contributed by atoms with Crippen molar-refractivity contribution in [2.45, 2.75) is 53.1 Å². The summed E-state index contributed by atoms with van der Waals surface area (Å²) in [5, 5.41) is 0.558. The summed E-state index contributed by atoms with van der Waals surface area (Å²) in [6, 6.07) is 0. The molecule has 2 N–H and O–H groups in total. The number of aromatic nitrogens is 1. The molecule has 0 saturated heterocycles. The highest BCUT2D eigenvalue weighted by molar-refractivity contribution is 7.80. The minimum absolute atomic E-state index is 0.00441. The van der Waals surface area contributed by atoms with Crippen molar-refractivity contribution >= 4 is 29.3 Å². The predicted molar refractivity (Wildman–Crippen MR) is 102 cm³/mol. The van der Waals surface area contributed by atoms with Gasteiger partial charge in [0.15, 0.2) is 16.9 Å². The predicted octanol–water partition coefficient (Wildman–Crippen LogP) is 2.64. The summed E-state index contributed by atoms with van der Waals surface area (Å²) in [5.74, 6) is -1.70. The van der Waals surface area contributed by atoms with Crippen molar-refractivity contribution in [3.63, 3.8) is 0 Å². The number of alkyl halides is 3. The third kappa shape index (κ3) is 5.82. The lowest BCUT2D eigenvalue weighted by Crippen LogP contribution is -2.53. The molecule has 1 aromatic rings. The Morgan fingerprint density at radius 2 is 1.72 bits per heavy atom. The second-order valence-electron chi connectivity index (χ2n) is 5.92. The maximum atomic E-state index is 12.9. The number of nitrogens with two attached hydrogens (primary N) is 1. The first-order valence-electron chi connectivity index (χ1n) is 8.73. The van der Waals surface area contributed by atoms with E-state index in [4.69, 9.17) is 32.2 Å². The van der Waals surface area contributed by atoms with Crippen molar-refractivity contribution in [2.24, 2.45) is 5.73 Å². The molecular formula is C17H24F3N3O5S. The van der Waals surface area contributed by atoms with Gasteiger partial charge in [0, 0.05) is 6.20 Å². The number of nitrogens with zero attached hydrogens (tertiary/aromatic N) is 2. The maximum Gasteiger partial charge on any atom is 0.414 e. The van der Waals surface area contributed by atoms with Crippen molar-refractivity contribution < 1.29 is 37.0 Å². The molecule has 0 aliphatic heterocycles. The first-order valence-corrected chi connectivity index (χ1v) is 9.14. The van der Waals surface area contributed by atoms with Crippen LogP contribution in [0.2, 0.25) is 0 Å². The van der Waals surface area contributed by atoms with Crippen molar-refractivity contribution in [1.29, 1.82) is 0 Å². The fraction of sp³-hybridized carbons (Fsp3) is 0.588. The summed E-state index contributed by atoms with van der Waals surface area (Å²) in [5.41, 5.74) is 5.61. The molecule has 29 heavy (non-hydrogen) atoms. The lowest BCUT2D eigenvalue weighted by molar-refractivity contribution is -0.225. The van der Waals surface area contributed by atoms with Crippen LogP contribution in [-0.4, -0.2) is 53.4 Å². The number of carbonyl (C=O) groups excluding carboxylic acids is 2. The van der Waals surface area contributed by atoms with E-state index in [0.717, 1.165) is 16.6 Å². The highest BCUT2D eigenvalue weighted by Crippen LogP contribution is 2.25. The van der Waals surface area contributed by atoms with E-state index < -0.39 is 30.4 Å². The van der Waals surface area contributed by atoms with Gasteiger partial charge in [-0.2, -0.15) is 13.2 Å². The van der Waals surface area contributed by atoms with Crippen LogP contribution in [0, 0.1) is 6.92 Å². The van der Waals surface area contributed by atoms with E-state index in [1.54, 1.807) is 13.8 Å². The van der Waals surface area contributed by atoms with Crippen molar-refractivity contribution in [2.75, 3.05) is 18.2 Å². The summed E-state index contributed by atoms with van der Waals surface area (Å²) >= 11 is 4.96. The molecule has 0 radical (unpaired) electrons. The lowest BCUT2D eigenvalue weighted by atomic mass is 10.1. The second kappa shape index (κ2) is 9.92. The van der Waals surface area contributed by atoms with Gasteiger partial charge in [-0.05, 0) is 52.4 Å². The first kappa shape index (κ1) is 24.7. The van der Waals surface area contributed by atoms with Crippen molar-refractivity contribution in [3.8, 4) is 0 Å². The van der Waals surface area contributed by atoms with E-state index in [9.17, 15) is 22.8 Å². The average molecular weight is 439 g/mol. The summed E-state index contributed by atoms with van der Waals surface area (Å²) in [6.07, 6.45) is -6.78. The molecule has 0 bridgehead atoms. The Kier molecular flexibility index (Phi) is 8.45. The Bertz CT molecular complexity index is 766. The van der Waals surface area contributed by atoms with Crippen LogP contribution in [0.5, 0.6) is 0 Å². The van der Waals surface area contributed by atoms with Gasteiger partial charge in [-0.1, -0.05) is 0 Å². The fourth-order valence-corrected chi connectivity index (χ4v) is 2.77. The largest absolute Gasteiger partial charge is 0.462 e. The standard InChI is InChI=1S/C17H24F3N3O5S/c1-6-26-14(24)12-9(3)8-22(13(12)15(25)27-7-2)23(16(21)29)11(5)28-10(4)17(18,19)20/h8,10-11H,6-7H2,1-5H3,(H2,21,29). The molecule has 8 nitrogen and oxygen atoms in total. The van der Waals surface area contributed by atoms with E-state index in [1.807, 2.05) is 0 Å². The molecule has 0 amide bonds. The molecule has 12 heteroatoms. The van der Waals surface area contributed by atoms with Crippen LogP contribution in [-0.2, 0) is 14.2 Å². The van der Waals surface area contributed by atoms with Gasteiger partial charge >= 0.3 is 18.1 Å². The van der Waals surface area contributed by atoms with Gasteiger partial charge in [-0.3, -0.25) is 0 Å². The minimum Gasteiger partial charge on any atom is -0.462 e. The molecule has 0 aliphatic carbocycles. The molecule has 2 atom stereocenters. The number of halogens is 3. The van der Waals surface area contributed by atoms with Crippen LogP contribution in [0.25, 0.3) is 0 Å². The molecule has 0 aliphatic rings. The summed E-state index contributed by atoms with van der Waals surface area (Å²) in [4.78, 5) is 24.9. The van der Waals surface area contributed by atoms with E-state index in [1.165, 1.54) is 20.0 Å². The molecule has 0 saturated carbocycles. The van der Waals surface area contributed by atoms with Crippen molar-refractivity contribution in [3.05, 3.63) is 23.0 Å². The highest BCUT2D eigenvalue weighted by Gasteiger charge is 2.40. The Hall–Kier alpha value is -2.34. The second-order valence-corrected chi connectivity index (χ2v) is 6.34. The van der Waals surface area contributed by atoms with E-state index in [2.05, 4.69) is 0 Å². The van der Waals surface area contributed by atoms with Gasteiger partial charge in [-0.15, -0.1) is 0 Å². The number of aryl methyl sites for hydroxylation is 1. The Balaban J connectivity index is 3.53. The zero-order valence-electron chi connectivity index (χ0n) is 16.7. The van der Waals surface area contributed by atoms with Gasteiger partial charge in [0.05, 0.1) is 18.8 Å². The van der Waals surface area contributed by atoms with Gasteiger partial charge in [0.2, 0.25) is 0 Å². The lowest BCUT2D eigenvalue weighted by Gasteiger charge is -2.33. The monoisotopic (exact) mass is 439 g/mol. The number of hydrogen-bond donors (Lipinski definition) is 1. The molecule has 0 fully saturated rings. The zero-order chi connectivity index (χ0) is 22.5. The smallest absolute Gasteiger partial charge is 0.414 e. The zero-order valence-corrected chi connectivity index (χ0v) is 17.5. The molecule has 1 rings (SSSR count). The third-order valence-corrected chi connectivity index (χ3v) is 3.98. The first-order chi connectivity index (χ1) is 13.4. The van der Waals surface area contributed by atoms with Crippen LogP contribution < -0.4 is 10.7 Å². The third-order valence-electron chi connectivity index (χ3n) is 3.79. The topological polar surface area (TPSA) is 96.0 Å². The molecule has 0 spiro atoms. The summed E-state index contributed by atoms with van der Waals surface area (Å²) in [6.45, 7) is 6.81. The SMILES string of the molecule is CCOC(=O)c1c(C)cn(N(C(N)=S)C(C)OC(C)C(F)(F)F)c1C(=O)OCC. The fourth-order valence-electron chi connectivity index (χ4n) is 2.53. The normalized spacial score (nSPS) is 13.5. The molecule has 2 unspecified atom stereocenters. The van der Waals surface area contributed by atoms with Gasteiger partial charge in [0.25, 0.3) is 0 Å². The summed E-state index contributed by atoms with van der Waals surface area (Å²) in [7, 11) is 0. The number of hydrogen-bond acceptors (Lipinski definition) is 6. The quantitative estimate of drug-likeness (QED) is 0.375. The number of rotatable bonds is 8. The number of ether oxygens (including phenoxy) is 3. The minimum atomic E-state index is -4.62.